The molecule has 8 nitrogen and oxygen atoms in total. The van der Waals surface area contributed by atoms with Gasteiger partial charge in [-0.3, -0.25) is 14.4 Å². The van der Waals surface area contributed by atoms with Crippen LogP contribution in [0.1, 0.15) is 0 Å². The Bertz CT molecular complexity index is 1020. The summed E-state index contributed by atoms with van der Waals surface area (Å²) in [6, 6.07) is 8.41. The number of fused-ring (bicyclic) bond motifs is 1. The van der Waals surface area contributed by atoms with E-state index in [-0.39, 0.29) is 19.0 Å². The number of amides is 3. The van der Waals surface area contributed by atoms with E-state index in [2.05, 4.69) is 16.0 Å². The average molecular weight is 436 g/mol. The van der Waals surface area contributed by atoms with Crippen molar-refractivity contribution in [3.63, 3.8) is 0 Å². The summed E-state index contributed by atoms with van der Waals surface area (Å²) in [5.74, 6) is -5.93. The lowest BCUT2D eigenvalue weighted by atomic mass is 10.1. The zero-order valence-corrected chi connectivity index (χ0v) is 16.4. The molecule has 1 heterocycles. The minimum atomic E-state index is -1.71. The zero-order valence-electron chi connectivity index (χ0n) is 16.4. The molecule has 3 rings (SSSR count). The monoisotopic (exact) mass is 436 g/mol. The highest BCUT2D eigenvalue weighted by Crippen LogP contribution is 2.32. The second kappa shape index (κ2) is 9.37. The van der Waals surface area contributed by atoms with Gasteiger partial charge in [0.15, 0.2) is 23.6 Å². The molecule has 3 amide bonds. The Morgan fingerprint density at radius 1 is 1.06 bits per heavy atom. The molecule has 1 aliphatic rings. The van der Waals surface area contributed by atoms with Gasteiger partial charge < -0.3 is 25.6 Å². The van der Waals surface area contributed by atoms with Crippen molar-refractivity contribution < 1.29 is 32.3 Å². The van der Waals surface area contributed by atoms with Crippen LogP contribution in [0.15, 0.2) is 36.4 Å². The highest BCUT2D eigenvalue weighted by molar-refractivity contribution is 5.95. The van der Waals surface area contributed by atoms with Crippen LogP contribution >= 0.6 is 0 Å². The molecule has 1 aliphatic heterocycles. The van der Waals surface area contributed by atoms with Gasteiger partial charge in [0.2, 0.25) is 11.8 Å². The molecule has 0 aliphatic carbocycles. The number of ether oxygens (including phenoxy) is 1. The van der Waals surface area contributed by atoms with Crippen molar-refractivity contribution in [1.82, 2.24) is 10.6 Å². The first-order chi connectivity index (χ1) is 14.8. The van der Waals surface area contributed by atoms with Gasteiger partial charge in [0.1, 0.15) is 5.75 Å². The van der Waals surface area contributed by atoms with Crippen LogP contribution in [-0.4, -0.2) is 50.5 Å². The van der Waals surface area contributed by atoms with Crippen LogP contribution < -0.4 is 25.6 Å². The number of hydrogen-bond acceptors (Lipinski definition) is 5. The quantitative estimate of drug-likeness (QED) is 0.591. The van der Waals surface area contributed by atoms with Gasteiger partial charge >= 0.3 is 0 Å². The number of para-hydroxylation sites is 2. The average Bonchev–Trinajstić information content (AvgIpc) is 2.77. The molecule has 2 aromatic carbocycles. The van der Waals surface area contributed by atoms with Crippen LogP contribution in [0.3, 0.4) is 0 Å². The van der Waals surface area contributed by atoms with E-state index in [0.29, 0.717) is 17.5 Å². The molecule has 0 bridgehead atoms. The second-order valence-electron chi connectivity index (χ2n) is 6.62. The van der Waals surface area contributed by atoms with Crippen molar-refractivity contribution in [2.75, 3.05) is 36.9 Å². The molecule has 1 unspecified atom stereocenters. The Hall–Kier alpha value is -3.76. The van der Waals surface area contributed by atoms with Crippen LogP contribution in [0.25, 0.3) is 0 Å². The number of nitrogens with zero attached hydrogens (tertiary/aromatic N) is 1. The molecule has 0 aromatic heterocycles. The van der Waals surface area contributed by atoms with Gasteiger partial charge in [-0.2, -0.15) is 0 Å². The number of carbonyl (C=O) groups is 3. The molecule has 2 aromatic rings. The van der Waals surface area contributed by atoms with Gasteiger partial charge in [0, 0.05) is 7.05 Å². The number of benzene rings is 2. The first-order valence-corrected chi connectivity index (χ1v) is 9.22. The van der Waals surface area contributed by atoms with E-state index in [1.807, 2.05) is 0 Å². The highest BCUT2D eigenvalue weighted by atomic mass is 19.2. The lowest BCUT2D eigenvalue weighted by molar-refractivity contribution is -0.127. The largest absolute Gasteiger partial charge is 0.477 e. The number of likely N-dealkylation sites (N-methyl/N-ethyl adjacent to an activating group) is 1. The first kappa shape index (κ1) is 21.9. The number of nitrogens with one attached hydrogen (secondary N) is 3. The van der Waals surface area contributed by atoms with Crippen molar-refractivity contribution in [2.24, 2.45) is 0 Å². The van der Waals surface area contributed by atoms with Gasteiger partial charge in [0.05, 0.1) is 31.0 Å². The van der Waals surface area contributed by atoms with Gasteiger partial charge in [-0.1, -0.05) is 12.1 Å². The summed E-state index contributed by atoms with van der Waals surface area (Å²) in [6.45, 7) is -0.598. The van der Waals surface area contributed by atoms with Crippen molar-refractivity contribution in [3.8, 4) is 5.75 Å². The van der Waals surface area contributed by atoms with Crippen LogP contribution in [0.4, 0.5) is 24.5 Å². The summed E-state index contributed by atoms with van der Waals surface area (Å²) in [4.78, 5) is 37.9. The van der Waals surface area contributed by atoms with Gasteiger partial charge in [-0.15, -0.1) is 0 Å². The Balaban J connectivity index is 1.59. The molecule has 0 radical (unpaired) electrons. The maximum absolute atomic E-state index is 13.6. The fraction of sp³-hybridized carbons (Fsp3) is 0.250. The first-order valence-electron chi connectivity index (χ1n) is 9.22. The highest BCUT2D eigenvalue weighted by Gasteiger charge is 2.31. The molecular weight excluding hydrogens is 417 g/mol. The van der Waals surface area contributed by atoms with Crippen molar-refractivity contribution in [1.29, 1.82) is 0 Å². The van der Waals surface area contributed by atoms with Gasteiger partial charge in [-0.25, -0.2) is 13.2 Å². The van der Waals surface area contributed by atoms with E-state index >= 15 is 0 Å². The SMILES string of the molecule is CNC(=O)C1CN(CC(=O)NCC(=O)Nc2ccc(F)c(F)c2F)c2ccccc2O1. The summed E-state index contributed by atoms with van der Waals surface area (Å²) >= 11 is 0. The Morgan fingerprint density at radius 3 is 2.55 bits per heavy atom. The number of anilines is 2. The molecule has 0 spiro atoms. The Morgan fingerprint density at radius 2 is 1.81 bits per heavy atom. The summed E-state index contributed by atoms with van der Waals surface area (Å²) in [7, 11) is 1.47. The van der Waals surface area contributed by atoms with Gasteiger partial charge in [-0.05, 0) is 24.3 Å². The smallest absolute Gasteiger partial charge is 0.262 e. The molecule has 1 atom stereocenters. The van der Waals surface area contributed by atoms with E-state index in [0.717, 1.165) is 6.07 Å². The van der Waals surface area contributed by atoms with E-state index < -0.39 is 47.6 Å². The van der Waals surface area contributed by atoms with E-state index in [9.17, 15) is 27.6 Å². The lowest BCUT2D eigenvalue weighted by Crippen LogP contribution is -2.51. The van der Waals surface area contributed by atoms with Crippen LogP contribution in [0, 0.1) is 17.5 Å². The number of hydrogen-bond donors (Lipinski definition) is 3. The standard InChI is InChI=1S/C20H19F3N4O4/c1-24-20(30)15-9-27(13-4-2-3-5-14(13)31-15)10-17(29)25-8-16(28)26-12-7-6-11(21)18(22)19(12)23/h2-7,15H,8-10H2,1H3,(H,24,30)(H,25,29)(H,26,28). The van der Waals surface area contributed by atoms with Crippen LogP contribution in [0.5, 0.6) is 5.75 Å². The molecule has 0 fully saturated rings. The maximum atomic E-state index is 13.6. The van der Waals surface area contributed by atoms with Crippen molar-refractivity contribution in [3.05, 3.63) is 53.8 Å². The van der Waals surface area contributed by atoms with Crippen molar-refractivity contribution >= 4 is 29.1 Å². The summed E-state index contributed by atoms with van der Waals surface area (Å²) in [5.41, 5.74) is 0.0554. The van der Waals surface area contributed by atoms with E-state index in [1.54, 1.807) is 29.2 Å². The molecule has 31 heavy (non-hydrogen) atoms. The van der Waals surface area contributed by atoms with E-state index in [4.69, 9.17) is 4.74 Å². The number of carbonyl (C=O) groups excluding carboxylic acids is 3. The molecule has 0 saturated heterocycles. The fourth-order valence-corrected chi connectivity index (χ4v) is 2.98. The topological polar surface area (TPSA) is 99.8 Å². The Kier molecular flexibility index (Phi) is 6.63. The second-order valence-corrected chi connectivity index (χ2v) is 6.62. The lowest BCUT2D eigenvalue weighted by Gasteiger charge is -2.34. The predicted octanol–water partition coefficient (Wildman–Crippen LogP) is 1.17. The van der Waals surface area contributed by atoms with Gasteiger partial charge in [0.25, 0.3) is 5.91 Å². The van der Waals surface area contributed by atoms with Crippen LogP contribution in [-0.2, 0) is 14.4 Å². The molecule has 3 N–H and O–H groups in total. The summed E-state index contributed by atoms with van der Waals surface area (Å²) in [6.07, 6.45) is -0.827. The van der Waals surface area contributed by atoms with Crippen molar-refractivity contribution in [2.45, 2.75) is 6.10 Å². The third-order valence-corrected chi connectivity index (χ3v) is 4.49. The van der Waals surface area contributed by atoms with E-state index in [1.165, 1.54) is 7.05 Å². The third kappa shape index (κ3) is 5.05. The number of halogens is 3. The van der Waals surface area contributed by atoms with Crippen LogP contribution in [0.2, 0.25) is 0 Å². The summed E-state index contributed by atoms with van der Waals surface area (Å²) in [5, 5.41) is 6.91. The zero-order chi connectivity index (χ0) is 22.5. The minimum Gasteiger partial charge on any atom is -0.477 e. The minimum absolute atomic E-state index is 0.108. The fourth-order valence-electron chi connectivity index (χ4n) is 2.98. The maximum Gasteiger partial charge on any atom is 0.262 e. The molecule has 0 saturated carbocycles. The Labute approximate surface area is 175 Å². The number of rotatable bonds is 6. The molecular formula is C20H19F3N4O4. The predicted molar refractivity (Wildman–Crippen MR) is 105 cm³/mol. The summed E-state index contributed by atoms with van der Waals surface area (Å²) < 4.78 is 45.5. The molecule has 164 valence electrons. The normalized spacial score (nSPS) is 14.8. The third-order valence-electron chi connectivity index (χ3n) is 4.49. The molecule has 11 heteroatoms.